The molecule has 1 aliphatic heterocycles. The molecule has 0 bridgehead atoms. The summed E-state index contributed by atoms with van der Waals surface area (Å²) in [6.07, 6.45) is 4.72. The summed E-state index contributed by atoms with van der Waals surface area (Å²) in [7, 11) is 0. The van der Waals surface area contributed by atoms with Gasteiger partial charge in [-0.2, -0.15) is 0 Å². The molecule has 2 heterocycles. The summed E-state index contributed by atoms with van der Waals surface area (Å²) in [5.41, 5.74) is 6.71. The van der Waals surface area contributed by atoms with Crippen molar-refractivity contribution in [3.8, 4) is 0 Å². The van der Waals surface area contributed by atoms with Crippen LogP contribution >= 0.6 is 11.3 Å². The predicted octanol–water partition coefficient (Wildman–Crippen LogP) is 1.67. The first kappa shape index (κ1) is 11.0. The Hall–Kier alpha value is -0.450. The molecule has 1 aromatic heterocycles. The summed E-state index contributed by atoms with van der Waals surface area (Å²) in [6, 6.07) is 0. The van der Waals surface area contributed by atoms with Crippen LogP contribution < -0.4 is 5.73 Å². The highest BCUT2D eigenvalue weighted by Crippen LogP contribution is 2.23. The third kappa shape index (κ3) is 2.77. The first-order valence-electron chi connectivity index (χ1n) is 5.56. The number of hydrogen-bond donors (Lipinski definition) is 1. The van der Waals surface area contributed by atoms with Crippen LogP contribution in [0.25, 0.3) is 0 Å². The lowest BCUT2D eigenvalue weighted by atomic mass is 10.2. The van der Waals surface area contributed by atoms with Gasteiger partial charge >= 0.3 is 0 Å². The standard InChI is InChI=1S/C11H18N2OS/c1-8-10(4-5-12)15-11(13-8)7-9-3-2-6-14-9/h9H,2-7,12H2,1H3. The van der Waals surface area contributed by atoms with Crippen molar-refractivity contribution in [2.75, 3.05) is 13.2 Å². The first-order valence-corrected chi connectivity index (χ1v) is 6.38. The Morgan fingerprint density at radius 1 is 1.60 bits per heavy atom. The smallest absolute Gasteiger partial charge is 0.0956 e. The minimum Gasteiger partial charge on any atom is -0.378 e. The molecule has 4 heteroatoms. The van der Waals surface area contributed by atoms with Crippen LogP contribution in [0.1, 0.15) is 28.4 Å². The van der Waals surface area contributed by atoms with E-state index in [1.807, 2.05) is 0 Å². The van der Waals surface area contributed by atoms with Gasteiger partial charge in [-0.25, -0.2) is 4.98 Å². The van der Waals surface area contributed by atoms with E-state index >= 15 is 0 Å². The molecule has 0 radical (unpaired) electrons. The highest BCUT2D eigenvalue weighted by Gasteiger charge is 2.18. The summed E-state index contributed by atoms with van der Waals surface area (Å²) in [6.45, 7) is 3.70. The third-order valence-corrected chi connectivity index (χ3v) is 3.97. The first-order chi connectivity index (χ1) is 7.29. The lowest BCUT2D eigenvalue weighted by Gasteiger charge is -2.05. The van der Waals surface area contributed by atoms with Crippen molar-refractivity contribution in [1.29, 1.82) is 0 Å². The Bertz CT molecular complexity index is 318. The van der Waals surface area contributed by atoms with Crippen LogP contribution in [-0.4, -0.2) is 24.2 Å². The van der Waals surface area contributed by atoms with Crippen LogP contribution in [0.3, 0.4) is 0 Å². The number of aromatic nitrogens is 1. The molecule has 1 aromatic rings. The second-order valence-electron chi connectivity index (χ2n) is 3.99. The minimum absolute atomic E-state index is 0.404. The highest BCUT2D eigenvalue weighted by atomic mass is 32.1. The topological polar surface area (TPSA) is 48.1 Å². The van der Waals surface area contributed by atoms with Gasteiger partial charge in [-0.05, 0) is 32.7 Å². The van der Waals surface area contributed by atoms with Gasteiger partial charge in [0, 0.05) is 17.9 Å². The quantitative estimate of drug-likeness (QED) is 0.849. The number of ether oxygens (including phenoxy) is 1. The lowest BCUT2D eigenvalue weighted by molar-refractivity contribution is 0.111. The maximum atomic E-state index is 5.61. The van der Waals surface area contributed by atoms with Crippen molar-refractivity contribution in [3.05, 3.63) is 15.6 Å². The largest absolute Gasteiger partial charge is 0.378 e. The van der Waals surface area contributed by atoms with Crippen LogP contribution in [0.15, 0.2) is 0 Å². The van der Waals surface area contributed by atoms with Gasteiger partial charge in [0.2, 0.25) is 0 Å². The van der Waals surface area contributed by atoms with E-state index < -0.39 is 0 Å². The number of nitrogens with zero attached hydrogens (tertiary/aromatic N) is 1. The summed E-state index contributed by atoms with van der Waals surface area (Å²) in [5, 5.41) is 1.21. The maximum Gasteiger partial charge on any atom is 0.0956 e. The van der Waals surface area contributed by atoms with Gasteiger partial charge in [0.05, 0.1) is 16.8 Å². The van der Waals surface area contributed by atoms with E-state index in [9.17, 15) is 0 Å². The number of aryl methyl sites for hydroxylation is 1. The Morgan fingerprint density at radius 2 is 2.47 bits per heavy atom. The van der Waals surface area contributed by atoms with Gasteiger partial charge in [0.1, 0.15) is 0 Å². The molecule has 1 atom stereocenters. The highest BCUT2D eigenvalue weighted by molar-refractivity contribution is 7.11. The second kappa shape index (κ2) is 5.05. The molecule has 84 valence electrons. The van der Waals surface area contributed by atoms with E-state index in [1.165, 1.54) is 22.7 Å². The van der Waals surface area contributed by atoms with Crippen LogP contribution in [-0.2, 0) is 17.6 Å². The molecule has 0 saturated carbocycles. The van der Waals surface area contributed by atoms with E-state index in [0.29, 0.717) is 12.6 Å². The predicted molar refractivity (Wildman–Crippen MR) is 62.3 cm³/mol. The SMILES string of the molecule is Cc1nc(CC2CCCO2)sc1CCN. The Balaban J connectivity index is 1.98. The van der Waals surface area contributed by atoms with E-state index in [2.05, 4.69) is 11.9 Å². The summed E-state index contributed by atoms with van der Waals surface area (Å²) in [4.78, 5) is 5.91. The van der Waals surface area contributed by atoms with Gasteiger partial charge < -0.3 is 10.5 Å². The Kier molecular flexibility index (Phi) is 3.72. The number of nitrogens with two attached hydrogens (primary N) is 1. The van der Waals surface area contributed by atoms with E-state index in [-0.39, 0.29) is 0 Å². The van der Waals surface area contributed by atoms with Gasteiger partial charge in [0.25, 0.3) is 0 Å². The van der Waals surface area contributed by atoms with E-state index in [4.69, 9.17) is 10.5 Å². The van der Waals surface area contributed by atoms with Crippen molar-refractivity contribution in [1.82, 2.24) is 4.98 Å². The molecule has 3 nitrogen and oxygen atoms in total. The fraction of sp³-hybridized carbons (Fsp3) is 0.727. The monoisotopic (exact) mass is 226 g/mol. The molecule has 0 amide bonds. The van der Waals surface area contributed by atoms with Crippen LogP contribution in [0, 0.1) is 6.92 Å². The van der Waals surface area contributed by atoms with E-state index in [1.54, 1.807) is 11.3 Å². The zero-order chi connectivity index (χ0) is 10.7. The molecule has 1 fully saturated rings. The molecular formula is C11H18N2OS. The minimum atomic E-state index is 0.404. The molecule has 1 saturated heterocycles. The number of thiazole rings is 1. The van der Waals surface area contributed by atoms with Gasteiger partial charge in [-0.3, -0.25) is 0 Å². The van der Waals surface area contributed by atoms with Crippen molar-refractivity contribution >= 4 is 11.3 Å². The Labute approximate surface area is 94.7 Å². The molecule has 1 unspecified atom stereocenters. The molecule has 2 rings (SSSR count). The zero-order valence-corrected chi connectivity index (χ0v) is 9.98. The molecule has 1 aliphatic rings. The average Bonchev–Trinajstić information content (AvgIpc) is 2.79. The molecular weight excluding hydrogens is 208 g/mol. The molecule has 0 spiro atoms. The van der Waals surface area contributed by atoms with Crippen LogP contribution in [0.2, 0.25) is 0 Å². The normalized spacial score (nSPS) is 21.1. The van der Waals surface area contributed by atoms with Crippen molar-refractivity contribution in [3.63, 3.8) is 0 Å². The molecule has 15 heavy (non-hydrogen) atoms. The fourth-order valence-electron chi connectivity index (χ4n) is 1.94. The molecule has 0 aliphatic carbocycles. The van der Waals surface area contributed by atoms with Crippen LogP contribution in [0.4, 0.5) is 0 Å². The summed E-state index contributed by atoms with van der Waals surface area (Å²) >= 11 is 1.80. The van der Waals surface area contributed by atoms with Crippen LogP contribution in [0.5, 0.6) is 0 Å². The second-order valence-corrected chi connectivity index (χ2v) is 5.16. The van der Waals surface area contributed by atoms with Crippen molar-refractivity contribution in [2.24, 2.45) is 5.73 Å². The van der Waals surface area contributed by atoms with Crippen molar-refractivity contribution in [2.45, 2.75) is 38.7 Å². The Morgan fingerprint density at radius 3 is 3.13 bits per heavy atom. The third-order valence-electron chi connectivity index (χ3n) is 2.73. The fourth-order valence-corrected chi connectivity index (χ4v) is 3.09. The van der Waals surface area contributed by atoms with Gasteiger partial charge in [0.15, 0.2) is 0 Å². The zero-order valence-electron chi connectivity index (χ0n) is 9.16. The van der Waals surface area contributed by atoms with E-state index in [0.717, 1.165) is 25.1 Å². The average molecular weight is 226 g/mol. The number of rotatable bonds is 4. The maximum absolute atomic E-state index is 5.61. The molecule has 2 N–H and O–H groups in total. The van der Waals surface area contributed by atoms with Gasteiger partial charge in [-0.15, -0.1) is 11.3 Å². The summed E-state index contributed by atoms with van der Waals surface area (Å²) in [5.74, 6) is 0. The number of hydrogen-bond acceptors (Lipinski definition) is 4. The summed E-state index contributed by atoms with van der Waals surface area (Å²) < 4.78 is 5.61. The lowest BCUT2D eigenvalue weighted by Crippen LogP contribution is -2.08. The molecule has 0 aromatic carbocycles. The van der Waals surface area contributed by atoms with Gasteiger partial charge in [-0.1, -0.05) is 0 Å². The van der Waals surface area contributed by atoms with Crippen molar-refractivity contribution < 1.29 is 4.74 Å².